The van der Waals surface area contributed by atoms with E-state index in [4.69, 9.17) is 17.5 Å². The van der Waals surface area contributed by atoms with Crippen LogP contribution >= 0.6 is 0 Å². The van der Waals surface area contributed by atoms with Gasteiger partial charge < -0.3 is 54.8 Å². The molecule has 0 spiro atoms. The van der Waals surface area contributed by atoms with E-state index >= 15 is 0 Å². The fourth-order valence-electron chi connectivity index (χ4n) is 0. The Bertz CT molecular complexity index is 88.5. The van der Waals surface area contributed by atoms with Gasteiger partial charge in [0.1, 0.15) is 0 Å². The van der Waals surface area contributed by atoms with Crippen molar-refractivity contribution in [3.05, 3.63) is 0 Å². The van der Waals surface area contributed by atoms with Crippen LogP contribution in [0.5, 0.6) is 0 Å². The predicted octanol–water partition coefficient (Wildman–Crippen LogP) is -8.90. The third-order valence-electron chi connectivity index (χ3n) is 0. The first-order valence-corrected chi connectivity index (χ1v) is 2.10. The van der Waals surface area contributed by atoms with Crippen molar-refractivity contribution in [1.82, 2.24) is 0 Å². The second kappa shape index (κ2) is 70.0. The second-order valence-electron chi connectivity index (χ2n) is 0.448. The molecule has 0 bridgehead atoms. The molecule has 0 aliphatic heterocycles. The molecule has 15 heteroatoms. The monoisotopic (exact) mass is 278 g/mol. The van der Waals surface area contributed by atoms with E-state index in [1.807, 2.05) is 0 Å². The molecule has 0 unspecified atom stereocenters. The average molecular weight is 278 g/mol. The van der Waals surface area contributed by atoms with Crippen LogP contribution in [0.4, 0.5) is 0 Å². The first-order valence-electron chi connectivity index (χ1n) is 0.698. The highest BCUT2D eigenvalue weighted by molar-refractivity contribution is 7.79. The van der Waals surface area contributed by atoms with E-state index in [0.717, 1.165) is 0 Å². The van der Waals surface area contributed by atoms with Crippen molar-refractivity contribution in [3.63, 3.8) is 0 Å². The summed E-state index contributed by atoms with van der Waals surface area (Å²) in [6.07, 6.45) is 0. The highest BCUT2D eigenvalue weighted by Crippen LogP contribution is 1.59. The fraction of sp³-hybridized carbons (Fsp3) is 0. The number of rotatable bonds is 0. The van der Waals surface area contributed by atoms with Crippen LogP contribution in [0.15, 0.2) is 0 Å². The van der Waals surface area contributed by atoms with E-state index < -0.39 is 10.4 Å². The van der Waals surface area contributed by atoms with Crippen molar-refractivity contribution in [3.8, 4) is 0 Å². The van der Waals surface area contributed by atoms with Crippen molar-refractivity contribution in [2.75, 3.05) is 0 Å². The molecule has 0 amide bonds. The topological polar surface area (TPSA) is 390 Å². The molecule has 0 atom stereocenters. The summed E-state index contributed by atoms with van der Waals surface area (Å²) in [5, 5.41) is 0. The van der Waals surface area contributed by atoms with Gasteiger partial charge in [-0.05, 0) is 0 Å². The normalized spacial score (nSPS) is 3.87. The summed E-state index contributed by atoms with van der Waals surface area (Å²) in [6, 6.07) is 0. The molecule has 0 fully saturated rings. The van der Waals surface area contributed by atoms with Crippen LogP contribution in [0.2, 0.25) is 0 Å². The van der Waals surface area contributed by atoms with Crippen LogP contribution in [0.25, 0.3) is 0 Å². The van der Waals surface area contributed by atoms with Gasteiger partial charge in [-0.25, -0.2) is 0 Å². The lowest BCUT2D eigenvalue weighted by atomic mass is 15.8. The van der Waals surface area contributed by atoms with E-state index in [1.54, 1.807) is 0 Å². The molecule has 15 heavy (non-hydrogen) atoms. The molecule has 0 aromatic heterocycles. The Labute approximate surface area is 83.8 Å². The van der Waals surface area contributed by atoms with Crippen molar-refractivity contribution >= 4 is 10.4 Å². The summed E-state index contributed by atoms with van der Waals surface area (Å²) in [6.45, 7) is 0. The number of hydrogen-bond donors (Lipinski definition) is 2. The van der Waals surface area contributed by atoms with Gasteiger partial charge in [-0.2, -0.15) is 8.42 Å². The maximum Gasteiger partial charge on any atom is 0.394 e. The van der Waals surface area contributed by atoms with Gasteiger partial charge in [0, 0.05) is 0 Å². The van der Waals surface area contributed by atoms with E-state index in [1.165, 1.54) is 0 Å². The lowest BCUT2D eigenvalue weighted by molar-refractivity contribution is 0.381. The molecule has 22 N–H and O–H groups in total. The maximum atomic E-state index is 8.74. The smallest absolute Gasteiger partial charge is 0.394 e. The summed E-state index contributed by atoms with van der Waals surface area (Å²) in [4.78, 5) is 0. The van der Waals surface area contributed by atoms with Crippen LogP contribution in [-0.2, 0) is 10.4 Å². The van der Waals surface area contributed by atoms with Crippen molar-refractivity contribution in [2.45, 2.75) is 0 Å². The third kappa shape index (κ3) is 6310. The van der Waals surface area contributed by atoms with E-state index in [2.05, 4.69) is 0 Å². The maximum absolute atomic E-state index is 8.74. The largest absolute Gasteiger partial charge is 0.412 e. The van der Waals surface area contributed by atoms with E-state index in [-0.39, 0.29) is 54.8 Å². The van der Waals surface area contributed by atoms with Gasteiger partial charge in [-0.15, -0.1) is 0 Å². The molecule has 0 heterocycles. The van der Waals surface area contributed by atoms with E-state index in [9.17, 15) is 0 Å². The first-order chi connectivity index (χ1) is 2.00. The third-order valence-corrected chi connectivity index (χ3v) is 0. The van der Waals surface area contributed by atoms with Crippen LogP contribution in [-0.4, -0.2) is 72.3 Å². The standard InChI is InChI=1S/H2O4S.10H2O/c1-5(2,3)4;;;;;;;;;;/h(H2,1,2,3,4);10*1H2. The zero-order chi connectivity index (χ0) is 4.50. The Balaban J connectivity index is -0.00000000178. The first kappa shape index (κ1) is 218. The quantitative estimate of drug-likeness (QED) is 0.406. The van der Waals surface area contributed by atoms with Crippen LogP contribution < -0.4 is 0 Å². The molecule has 14 nitrogen and oxygen atoms in total. The van der Waals surface area contributed by atoms with Crippen LogP contribution in [0, 0.1) is 0 Å². The summed E-state index contributed by atoms with van der Waals surface area (Å²) in [5.74, 6) is 0. The van der Waals surface area contributed by atoms with Crippen LogP contribution in [0.3, 0.4) is 0 Å². The minimum absolute atomic E-state index is 0. The van der Waals surface area contributed by atoms with Crippen molar-refractivity contribution in [2.24, 2.45) is 0 Å². The highest BCUT2D eigenvalue weighted by atomic mass is 32.3. The molecular formula is H22O14S. The lowest BCUT2D eigenvalue weighted by Crippen LogP contribution is -1.89. The Morgan fingerprint density at radius 3 is 0.467 bits per heavy atom. The second-order valence-corrected chi connectivity index (χ2v) is 1.34. The molecule has 0 saturated carbocycles. The van der Waals surface area contributed by atoms with Crippen molar-refractivity contribution < 1.29 is 72.3 Å². The van der Waals surface area contributed by atoms with Gasteiger partial charge in [-0.3, -0.25) is 9.11 Å². The minimum atomic E-state index is -4.67. The van der Waals surface area contributed by atoms with Crippen molar-refractivity contribution in [1.29, 1.82) is 0 Å². The van der Waals surface area contributed by atoms with Gasteiger partial charge in [0.2, 0.25) is 0 Å². The molecule has 0 radical (unpaired) electrons. The summed E-state index contributed by atoms with van der Waals surface area (Å²) >= 11 is 0. The molecule has 112 valence electrons. The Morgan fingerprint density at radius 2 is 0.467 bits per heavy atom. The SMILES string of the molecule is O.O.O.O.O.O.O.O.O.O.O=S(=O)(O)O. The molecular weight excluding hydrogens is 256 g/mol. The lowest BCUT2D eigenvalue weighted by Gasteiger charge is -1.68. The molecule has 0 rings (SSSR count). The fourth-order valence-corrected chi connectivity index (χ4v) is 0. The van der Waals surface area contributed by atoms with Gasteiger partial charge >= 0.3 is 10.4 Å². The predicted molar refractivity (Wildman–Crippen MR) is 50.3 cm³/mol. The minimum Gasteiger partial charge on any atom is -0.412 e. The average Bonchev–Trinajstić information content (AvgIpc) is 0.722. The zero-order valence-electron chi connectivity index (χ0n) is 7.12. The number of hydrogen-bond acceptors (Lipinski definition) is 2. The molecule has 0 aliphatic carbocycles. The molecule has 0 aromatic rings. The van der Waals surface area contributed by atoms with Gasteiger partial charge in [0.05, 0.1) is 0 Å². The Hall–Kier alpha value is -0.530. The highest BCUT2D eigenvalue weighted by Gasteiger charge is 1.84. The molecule has 0 aromatic carbocycles. The van der Waals surface area contributed by atoms with Gasteiger partial charge in [0.25, 0.3) is 0 Å². The molecule has 0 saturated heterocycles. The zero-order valence-corrected chi connectivity index (χ0v) is 7.94. The Kier molecular flexibility index (Phi) is 1020. The van der Waals surface area contributed by atoms with E-state index in [0.29, 0.717) is 0 Å². The summed E-state index contributed by atoms with van der Waals surface area (Å²) in [5.41, 5.74) is 0. The van der Waals surface area contributed by atoms with Gasteiger partial charge in [-0.1, -0.05) is 0 Å². The van der Waals surface area contributed by atoms with Crippen LogP contribution in [0.1, 0.15) is 0 Å². The molecule has 0 aliphatic rings. The van der Waals surface area contributed by atoms with Gasteiger partial charge in [0.15, 0.2) is 0 Å². The summed E-state index contributed by atoms with van der Waals surface area (Å²) < 4.78 is 31.6. The Morgan fingerprint density at radius 1 is 0.467 bits per heavy atom. The summed E-state index contributed by atoms with van der Waals surface area (Å²) in [7, 11) is -4.67.